The smallest absolute Gasteiger partial charge is 0.339 e. The van der Waals surface area contributed by atoms with Crippen LogP contribution in [0.15, 0.2) is 54.6 Å². The Morgan fingerprint density at radius 1 is 1.06 bits per heavy atom. The van der Waals surface area contributed by atoms with Crippen molar-refractivity contribution in [2.45, 2.75) is 51.7 Å². The van der Waals surface area contributed by atoms with Crippen LogP contribution in [0.3, 0.4) is 0 Å². The largest absolute Gasteiger partial charge is 0.490 e. The summed E-state index contributed by atoms with van der Waals surface area (Å²) < 4.78 is 13.1. The molecule has 0 saturated heterocycles. The quantitative estimate of drug-likeness (QED) is 0.151. The lowest BCUT2D eigenvalue weighted by Crippen LogP contribution is -2.29. The molecule has 5 rings (SSSR count). The first-order chi connectivity index (χ1) is 17.5. The highest BCUT2D eigenvalue weighted by Gasteiger charge is 2.24. The van der Waals surface area contributed by atoms with Crippen molar-refractivity contribution >= 4 is 44.1 Å². The van der Waals surface area contributed by atoms with Gasteiger partial charge in [-0.15, -0.1) is 11.3 Å². The summed E-state index contributed by atoms with van der Waals surface area (Å²) in [4.78, 5) is 13.8. The zero-order chi connectivity index (χ0) is 25.1. The molecule has 0 spiro atoms. The Bertz CT molecular complexity index is 1420. The number of benzene rings is 3. The van der Waals surface area contributed by atoms with E-state index >= 15 is 0 Å². The van der Waals surface area contributed by atoms with Gasteiger partial charge >= 0.3 is 5.97 Å². The van der Waals surface area contributed by atoms with Gasteiger partial charge in [0.2, 0.25) is 0 Å². The van der Waals surface area contributed by atoms with Crippen LogP contribution in [-0.4, -0.2) is 24.6 Å². The predicted molar refractivity (Wildman–Crippen MR) is 147 cm³/mol. The number of nitrogens with two attached hydrogens (primary N) is 1. The summed E-state index contributed by atoms with van der Waals surface area (Å²) in [5.74, 6) is 0.283. The van der Waals surface area contributed by atoms with Gasteiger partial charge in [-0.05, 0) is 61.1 Å². The molecule has 0 aliphatic heterocycles. The molecule has 4 N–H and O–H groups in total. The van der Waals surface area contributed by atoms with E-state index in [9.17, 15) is 4.79 Å². The summed E-state index contributed by atoms with van der Waals surface area (Å²) in [7, 11) is 0. The van der Waals surface area contributed by atoms with Crippen LogP contribution < -0.4 is 15.8 Å². The Kier molecular flexibility index (Phi) is 7.09. The lowest BCUT2D eigenvalue weighted by atomic mass is 9.95. The lowest BCUT2D eigenvalue weighted by Gasteiger charge is -2.25. The van der Waals surface area contributed by atoms with Crippen molar-refractivity contribution in [1.29, 1.82) is 5.41 Å². The van der Waals surface area contributed by atoms with Crippen LogP contribution in [0.4, 0.5) is 0 Å². The number of hydrogen-bond donors (Lipinski definition) is 3. The van der Waals surface area contributed by atoms with E-state index in [1.807, 2.05) is 12.1 Å². The number of carbonyl (C=O) groups is 1. The molecule has 1 fully saturated rings. The van der Waals surface area contributed by atoms with Gasteiger partial charge in [-0.3, -0.25) is 5.41 Å². The third kappa shape index (κ3) is 4.88. The minimum absolute atomic E-state index is 0.139. The molecule has 1 saturated carbocycles. The molecule has 0 bridgehead atoms. The highest BCUT2D eigenvalue weighted by atomic mass is 32.1. The lowest BCUT2D eigenvalue weighted by molar-refractivity contribution is 0.0528. The van der Waals surface area contributed by atoms with Crippen LogP contribution in [0, 0.1) is 5.41 Å². The van der Waals surface area contributed by atoms with Crippen LogP contribution in [0.1, 0.15) is 54.3 Å². The van der Waals surface area contributed by atoms with Crippen molar-refractivity contribution in [2.75, 3.05) is 6.61 Å². The van der Waals surface area contributed by atoms with E-state index in [1.54, 1.807) is 6.92 Å². The first-order valence-corrected chi connectivity index (χ1v) is 13.4. The second kappa shape index (κ2) is 10.6. The molecule has 0 atom stereocenters. The monoisotopic (exact) mass is 501 g/mol. The Morgan fingerprint density at radius 2 is 1.83 bits per heavy atom. The second-order valence-electron chi connectivity index (χ2n) is 9.14. The maximum absolute atomic E-state index is 13.0. The molecule has 0 radical (unpaired) electrons. The van der Waals surface area contributed by atoms with Gasteiger partial charge in [0.25, 0.3) is 0 Å². The number of guanidine groups is 1. The molecule has 3 aromatic carbocycles. The second-order valence-corrected chi connectivity index (χ2v) is 10.3. The van der Waals surface area contributed by atoms with E-state index in [4.69, 9.17) is 20.6 Å². The SMILES string of the molecule is CCOC(=O)c1c(CNC(=N)N)sc2cc(-c3cccc4ccccc34)c(OC3CCCCC3)cc12. The number of hydrogen-bond acceptors (Lipinski definition) is 5. The van der Waals surface area contributed by atoms with E-state index < -0.39 is 0 Å². The average Bonchev–Trinajstić information content (AvgIpc) is 3.25. The van der Waals surface area contributed by atoms with Crippen molar-refractivity contribution < 1.29 is 14.3 Å². The van der Waals surface area contributed by atoms with Crippen LogP contribution in [0.2, 0.25) is 0 Å². The predicted octanol–water partition coefficient (Wildman–Crippen LogP) is 6.59. The molecule has 6 nitrogen and oxygen atoms in total. The van der Waals surface area contributed by atoms with Gasteiger partial charge in [-0.2, -0.15) is 0 Å². The van der Waals surface area contributed by atoms with Crippen molar-refractivity contribution in [1.82, 2.24) is 5.32 Å². The minimum Gasteiger partial charge on any atom is -0.490 e. The molecular formula is C29H31N3O3S. The van der Waals surface area contributed by atoms with E-state index in [1.165, 1.54) is 36.0 Å². The fourth-order valence-corrected chi connectivity index (χ4v) is 6.18. The van der Waals surface area contributed by atoms with E-state index in [0.29, 0.717) is 5.56 Å². The van der Waals surface area contributed by atoms with E-state index in [0.717, 1.165) is 50.1 Å². The molecule has 186 valence electrons. The molecule has 36 heavy (non-hydrogen) atoms. The molecule has 1 aromatic heterocycles. The summed E-state index contributed by atoms with van der Waals surface area (Å²) in [5, 5.41) is 13.6. The summed E-state index contributed by atoms with van der Waals surface area (Å²) in [6, 6.07) is 18.8. The molecule has 4 aromatic rings. The minimum atomic E-state index is -0.370. The normalized spacial score (nSPS) is 14.1. The Balaban J connectivity index is 1.71. The van der Waals surface area contributed by atoms with Crippen LogP contribution in [-0.2, 0) is 11.3 Å². The van der Waals surface area contributed by atoms with Crippen LogP contribution in [0.5, 0.6) is 5.75 Å². The number of fused-ring (bicyclic) bond motifs is 2. The van der Waals surface area contributed by atoms with Crippen molar-refractivity contribution in [2.24, 2.45) is 5.73 Å². The number of carbonyl (C=O) groups excluding carboxylic acids is 1. The number of thiophene rings is 1. The number of esters is 1. The van der Waals surface area contributed by atoms with Crippen molar-refractivity contribution in [3.63, 3.8) is 0 Å². The third-order valence-electron chi connectivity index (χ3n) is 6.71. The topological polar surface area (TPSA) is 97.4 Å². The third-order valence-corrected chi connectivity index (χ3v) is 7.86. The van der Waals surface area contributed by atoms with Gasteiger partial charge in [-0.25, -0.2) is 4.79 Å². The fraction of sp³-hybridized carbons (Fsp3) is 0.310. The Morgan fingerprint density at radius 3 is 2.61 bits per heavy atom. The van der Waals surface area contributed by atoms with Crippen LogP contribution in [0.25, 0.3) is 32.0 Å². The molecule has 0 amide bonds. The standard InChI is InChI=1S/C29H31N3O3S/c1-2-34-28(33)27-23-15-24(35-19-11-4-3-5-12-19)22(16-25(23)36-26(27)17-32-29(30)31)21-14-8-10-18-9-6-7-13-20(18)21/h6-10,13-16,19H,2-5,11-12,17H2,1H3,(H4,30,31,32). The summed E-state index contributed by atoms with van der Waals surface area (Å²) >= 11 is 1.52. The van der Waals surface area contributed by atoms with E-state index in [2.05, 4.69) is 47.8 Å². The van der Waals surface area contributed by atoms with Gasteiger partial charge in [0, 0.05) is 20.5 Å². The highest BCUT2D eigenvalue weighted by Crippen LogP contribution is 2.43. The fourth-order valence-electron chi connectivity index (χ4n) is 5.03. The first-order valence-electron chi connectivity index (χ1n) is 12.5. The molecule has 7 heteroatoms. The molecule has 1 aliphatic rings. The van der Waals surface area contributed by atoms with E-state index in [-0.39, 0.29) is 31.2 Å². The van der Waals surface area contributed by atoms with Gasteiger partial charge in [0.1, 0.15) is 5.75 Å². The van der Waals surface area contributed by atoms with Gasteiger partial charge in [0.15, 0.2) is 5.96 Å². The van der Waals surface area contributed by atoms with Gasteiger partial charge < -0.3 is 20.5 Å². The number of rotatable bonds is 7. The molecule has 1 heterocycles. The van der Waals surface area contributed by atoms with Crippen molar-refractivity contribution in [3.8, 4) is 16.9 Å². The average molecular weight is 502 g/mol. The summed E-state index contributed by atoms with van der Waals surface area (Å²) in [5.41, 5.74) is 8.19. The Hall–Kier alpha value is -3.58. The highest BCUT2D eigenvalue weighted by molar-refractivity contribution is 7.19. The summed E-state index contributed by atoms with van der Waals surface area (Å²) in [6.07, 6.45) is 5.82. The van der Waals surface area contributed by atoms with Crippen molar-refractivity contribution in [3.05, 3.63) is 65.0 Å². The number of nitrogens with one attached hydrogen (secondary N) is 2. The zero-order valence-corrected chi connectivity index (χ0v) is 21.3. The maximum atomic E-state index is 13.0. The molecule has 0 unspecified atom stereocenters. The van der Waals surface area contributed by atoms with Gasteiger partial charge in [0.05, 0.1) is 24.8 Å². The number of ether oxygens (including phenoxy) is 2. The summed E-state index contributed by atoms with van der Waals surface area (Å²) in [6.45, 7) is 2.37. The van der Waals surface area contributed by atoms with Crippen LogP contribution >= 0.6 is 11.3 Å². The maximum Gasteiger partial charge on any atom is 0.339 e. The molecule has 1 aliphatic carbocycles. The Labute approximate surface area is 214 Å². The molecular weight excluding hydrogens is 470 g/mol. The zero-order valence-electron chi connectivity index (χ0n) is 20.4. The first kappa shape index (κ1) is 24.1. The van der Waals surface area contributed by atoms with Gasteiger partial charge in [-0.1, -0.05) is 48.9 Å².